The summed E-state index contributed by atoms with van der Waals surface area (Å²) in [5.41, 5.74) is 1.42. The second kappa shape index (κ2) is 8.22. The minimum Gasteiger partial charge on any atom is -0.457 e. The van der Waals surface area contributed by atoms with E-state index in [9.17, 15) is 23.1 Å². The van der Waals surface area contributed by atoms with E-state index in [1.54, 1.807) is 6.07 Å². The summed E-state index contributed by atoms with van der Waals surface area (Å²) in [6.07, 6.45) is 3.09. The SMILES string of the molecule is CCC1(C(=O)OCC(=O)c2cc(C)n(C3CCS(=O)(=O)C3)c2C)CCC(O)CC1. The quantitative estimate of drug-likeness (QED) is 0.555. The highest BCUT2D eigenvalue weighted by Crippen LogP contribution is 2.40. The van der Waals surface area contributed by atoms with Crippen molar-refractivity contribution in [2.75, 3.05) is 18.1 Å². The molecule has 8 heteroatoms. The molecule has 0 bridgehead atoms. The second-order valence-electron chi connectivity index (χ2n) is 8.58. The van der Waals surface area contributed by atoms with Gasteiger partial charge in [-0.05, 0) is 58.4 Å². The normalized spacial score (nSPS) is 29.0. The first kappa shape index (κ1) is 22.0. The lowest BCUT2D eigenvalue weighted by Gasteiger charge is -2.35. The number of sulfone groups is 1. The van der Waals surface area contributed by atoms with Crippen LogP contribution in [0.25, 0.3) is 0 Å². The standard InChI is InChI=1S/C21H31NO6S/c1-4-21(8-5-17(23)6-9-21)20(25)28-12-19(24)18-11-14(2)22(15(18)3)16-7-10-29(26,27)13-16/h11,16-17,23H,4-10,12-13H2,1-3H3. The molecule has 2 fully saturated rings. The Morgan fingerprint density at radius 2 is 1.90 bits per heavy atom. The fourth-order valence-corrected chi connectivity index (χ4v) is 6.52. The fraction of sp³-hybridized carbons (Fsp3) is 0.714. The van der Waals surface area contributed by atoms with E-state index in [0.29, 0.717) is 44.1 Å². The average molecular weight is 426 g/mol. The molecule has 0 radical (unpaired) electrons. The topological polar surface area (TPSA) is 103 Å². The smallest absolute Gasteiger partial charge is 0.312 e. The molecule has 0 aromatic carbocycles. The molecule has 1 aliphatic carbocycles. The van der Waals surface area contributed by atoms with Crippen LogP contribution in [0.15, 0.2) is 6.07 Å². The van der Waals surface area contributed by atoms with Crippen LogP contribution in [0, 0.1) is 19.3 Å². The van der Waals surface area contributed by atoms with Gasteiger partial charge in [-0.1, -0.05) is 6.92 Å². The number of ether oxygens (including phenoxy) is 1. The summed E-state index contributed by atoms with van der Waals surface area (Å²) in [6, 6.07) is 1.60. The maximum atomic E-state index is 12.8. The van der Waals surface area contributed by atoms with Gasteiger partial charge in [-0.25, -0.2) is 8.42 Å². The Labute approximate surface area is 172 Å². The maximum absolute atomic E-state index is 12.8. The molecule has 1 saturated carbocycles. The highest BCUT2D eigenvalue weighted by atomic mass is 32.2. The van der Waals surface area contributed by atoms with Crippen molar-refractivity contribution in [2.24, 2.45) is 5.41 Å². The first-order chi connectivity index (χ1) is 13.6. The van der Waals surface area contributed by atoms with Gasteiger partial charge in [0.25, 0.3) is 0 Å². The predicted molar refractivity (Wildman–Crippen MR) is 109 cm³/mol. The van der Waals surface area contributed by atoms with Gasteiger partial charge in [0.05, 0.1) is 23.0 Å². The molecule has 1 N–H and O–H groups in total. The molecule has 2 aliphatic rings. The molecule has 0 amide bonds. The third kappa shape index (κ3) is 4.43. The van der Waals surface area contributed by atoms with E-state index >= 15 is 0 Å². The van der Waals surface area contributed by atoms with Gasteiger partial charge in [0, 0.05) is 23.0 Å². The Balaban J connectivity index is 1.68. The molecule has 1 aromatic heterocycles. The summed E-state index contributed by atoms with van der Waals surface area (Å²) in [7, 11) is -3.03. The molecule has 1 atom stereocenters. The van der Waals surface area contributed by atoms with E-state index in [2.05, 4.69) is 0 Å². The summed E-state index contributed by atoms with van der Waals surface area (Å²) in [5, 5.41) is 9.72. The predicted octanol–water partition coefficient (Wildman–Crippen LogP) is 2.52. The van der Waals surface area contributed by atoms with Gasteiger partial charge in [0.1, 0.15) is 0 Å². The Bertz CT molecular complexity index is 893. The molecule has 162 valence electrons. The summed E-state index contributed by atoms with van der Waals surface area (Å²) < 4.78 is 31.0. The van der Waals surface area contributed by atoms with Crippen molar-refractivity contribution in [1.82, 2.24) is 4.57 Å². The largest absolute Gasteiger partial charge is 0.457 e. The first-order valence-electron chi connectivity index (χ1n) is 10.4. The number of aliphatic hydroxyl groups is 1. The van der Waals surface area contributed by atoms with Gasteiger partial charge in [-0.3, -0.25) is 9.59 Å². The number of carbonyl (C=O) groups is 2. The van der Waals surface area contributed by atoms with Gasteiger partial charge < -0.3 is 14.4 Å². The third-order valence-corrected chi connectivity index (χ3v) is 8.47. The molecular formula is C21H31NO6S. The van der Waals surface area contributed by atoms with Crippen LogP contribution in [0.2, 0.25) is 0 Å². The molecule has 7 nitrogen and oxygen atoms in total. The van der Waals surface area contributed by atoms with Crippen LogP contribution in [0.5, 0.6) is 0 Å². The molecule has 3 rings (SSSR count). The number of aromatic nitrogens is 1. The van der Waals surface area contributed by atoms with E-state index in [-0.39, 0.29) is 42.0 Å². The summed E-state index contributed by atoms with van der Waals surface area (Å²) in [5.74, 6) is -0.378. The number of ketones is 1. The Morgan fingerprint density at radius 1 is 1.24 bits per heavy atom. The molecule has 1 aliphatic heterocycles. The lowest BCUT2D eigenvalue weighted by Crippen LogP contribution is -2.38. The molecule has 29 heavy (non-hydrogen) atoms. The Hall–Kier alpha value is -1.67. The number of hydrogen-bond acceptors (Lipinski definition) is 6. The number of esters is 1. The highest BCUT2D eigenvalue weighted by molar-refractivity contribution is 7.91. The minimum absolute atomic E-state index is 0.0941. The van der Waals surface area contributed by atoms with Crippen LogP contribution < -0.4 is 0 Å². The van der Waals surface area contributed by atoms with E-state index in [0.717, 1.165) is 11.4 Å². The van der Waals surface area contributed by atoms with Gasteiger partial charge in [-0.15, -0.1) is 0 Å². The molecule has 1 unspecified atom stereocenters. The number of aryl methyl sites for hydroxylation is 1. The third-order valence-electron chi connectivity index (χ3n) is 6.71. The maximum Gasteiger partial charge on any atom is 0.312 e. The van der Waals surface area contributed by atoms with Crippen molar-refractivity contribution in [2.45, 2.75) is 71.4 Å². The number of nitrogens with zero attached hydrogens (tertiary/aromatic N) is 1. The summed E-state index contributed by atoms with van der Waals surface area (Å²) in [4.78, 5) is 25.5. The van der Waals surface area contributed by atoms with E-state index in [1.165, 1.54) is 0 Å². The molecular weight excluding hydrogens is 394 g/mol. The van der Waals surface area contributed by atoms with E-state index < -0.39 is 15.3 Å². The number of carbonyl (C=O) groups excluding carboxylic acids is 2. The Kier molecular flexibility index (Phi) is 6.24. The van der Waals surface area contributed by atoms with Crippen molar-refractivity contribution in [3.63, 3.8) is 0 Å². The second-order valence-corrected chi connectivity index (χ2v) is 10.8. The number of hydrogen-bond donors (Lipinski definition) is 1. The van der Waals surface area contributed by atoms with Gasteiger partial charge >= 0.3 is 5.97 Å². The van der Waals surface area contributed by atoms with Crippen molar-refractivity contribution in [3.8, 4) is 0 Å². The molecule has 1 aromatic rings. The number of aliphatic hydroxyl groups excluding tert-OH is 1. The van der Waals surface area contributed by atoms with Crippen LogP contribution in [0.1, 0.15) is 73.2 Å². The monoisotopic (exact) mass is 425 g/mol. The fourth-order valence-electron chi connectivity index (χ4n) is 4.82. The van der Waals surface area contributed by atoms with Crippen LogP contribution >= 0.6 is 0 Å². The molecule has 1 saturated heterocycles. The first-order valence-corrected chi connectivity index (χ1v) is 12.2. The van der Waals surface area contributed by atoms with Crippen LogP contribution in [-0.4, -0.2) is 54.1 Å². The minimum atomic E-state index is -3.03. The zero-order chi connectivity index (χ0) is 21.4. The number of rotatable bonds is 6. The summed E-state index contributed by atoms with van der Waals surface area (Å²) >= 11 is 0. The molecule has 2 heterocycles. The molecule has 0 spiro atoms. The number of Topliss-reactive ketones (excluding diaryl/α,β-unsaturated/α-hetero) is 1. The zero-order valence-electron chi connectivity index (χ0n) is 17.4. The van der Waals surface area contributed by atoms with Crippen LogP contribution in [0.3, 0.4) is 0 Å². The zero-order valence-corrected chi connectivity index (χ0v) is 18.3. The van der Waals surface area contributed by atoms with E-state index in [1.807, 2.05) is 25.3 Å². The lowest BCUT2D eigenvalue weighted by molar-refractivity contribution is -0.158. The lowest BCUT2D eigenvalue weighted by atomic mass is 9.71. The van der Waals surface area contributed by atoms with Gasteiger partial charge in [0.15, 0.2) is 16.4 Å². The van der Waals surface area contributed by atoms with Gasteiger partial charge in [0.2, 0.25) is 5.78 Å². The van der Waals surface area contributed by atoms with E-state index in [4.69, 9.17) is 4.74 Å². The average Bonchev–Trinajstić information content (AvgIpc) is 3.18. The Morgan fingerprint density at radius 3 is 2.45 bits per heavy atom. The highest BCUT2D eigenvalue weighted by Gasteiger charge is 2.41. The van der Waals surface area contributed by atoms with Crippen LogP contribution in [0.4, 0.5) is 0 Å². The van der Waals surface area contributed by atoms with Gasteiger partial charge in [-0.2, -0.15) is 0 Å². The van der Waals surface area contributed by atoms with Crippen molar-refractivity contribution < 1.29 is 27.9 Å². The van der Waals surface area contributed by atoms with Crippen molar-refractivity contribution >= 4 is 21.6 Å². The van der Waals surface area contributed by atoms with Crippen molar-refractivity contribution in [3.05, 3.63) is 23.0 Å². The summed E-state index contributed by atoms with van der Waals surface area (Å²) in [6.45, 7) is 5.28. The van der Waals surface area contributed by atoms with Crippen LogP contribution in [-0.2, 0) is 19.4 Å². The van der Waals surface area contributed by atoms with Crippen molar-refractivity contribution in [1.29, 1.82) is 0 Å².